The van der Waals surface area contributed by atoms with Crippen molar-refractivity contribution in [3.8, 4) is 0 Å². The van der Waals surface area contributed by atoms with E-state index in [4.69, 9.17) is 4.74 Å². The van der Waals surface area contributed by atoms with Gasteiger partial charge in [-0.15, -0.1) is 6.58 Å². The van der Waals surface area contributed by atoms with Crippen molar-refractivity contribution in [2.75, 3.05) is 19.8 Å². The number of hydrogen-bond donors (Lipinski definition) is 2. The van der Waals surface area contributed by atoms with E-state index in [1.165, 1.54) is 0 Å². The van der Waals surface area contributed by atoms with E-state index in [2.05, 4.69) is 11.9 Å². The van der Waals surface area contributed by atoms with E-state index >= 15 is 0 Å². The molecule has 0 heterocycles. The number of rotatable bonds is 8. The van der Waals surface area contributed by atoms with Crippen LogP contribution in [-0.2, 0) is 9.30 Å². The molecular weight excluding hydrogens is 285 g/mol. The normalized spacial score (nSPS) is 16.2. The summed E-state index contributed by atoms with van der Waals surface area (Å²) in [6.07, 6.45) is 1.64. The van der Waals surface area contributed by atoms with Gasteiger partial charge in [-0.3, -0.25) is 4.57 Å². The van der Waals surface area contributed by atoms with Crippen LogP contribution in [0.2, 0.25) is 0 Å². The fraction of sp³-hybridized carbons (Fsp3) is 0.500. The van der Waals surface area contributed by atoms with Crippen LogP contribution in [0.5, 0.6) is 0 Å². The Morgan fingerprint density at radius 1 is 1.38 bits per heavy atom. The molecule has 0 aliphatic carbocycles. The quantitative estimate of drug-likeness (QED) is 0.440. The minimum Gasteiger partial charge on any atom is -0.376 e. The molecule has 0 saturated heterocycles. The Kier molecular flexibility index (Phi) is 6.82. The van der Waals surface area contributed by atoms with Gasteiger partial charge in [-0.05, 0) is 32.9 Å². The van der Waals surface area contributed by atoms with Gasteiger partial charge in [-0.1, -0.05) is 24.3 Å². The number of ether oxygens (including phenoxy) is 1. The summed E-state index contributed by atoms with van der Waals surface area (Å²) in [6, 6.07) is 8.77. The SMILES string of the molecule is C=CCOCC(CNC(C)(C)C)P(=O)(O)c1ccccc1. The lowest BCUT2D eigenvalue weighted by atomic mass is 10.1. The monoisotopic (exact) mass is 311 g/mol. The fourth-order valence-electron chi connectivity index (χ4n) is 1.85. The third-order valence-corrected chi connectivity index (χ3v) is 5.39. The molecule has 4 nitrogen and oxygen atoms in total. The number of hydrogen-bond acceptors (Lipinski definition) is 3. The van der Waals surface area contributed by atoms with E-state index in [0.717, 1.165) is 0 Å². The molecule has 0 aliphatic heterocycles. The van der Waals surface area contributed by atoms with Gasteiger partial charge in [0.2, 0.25) is 7.37 Å². The average molecular weight is 311 g/mol. The van der Waals surface area contributed by atoms with Crippen molar-refractivity contribution in [2.24, 2.45) is 0 Å². The Morgan fingerprint density at radius 2 is 2.00 bits per heavy atom. The summed E-state index contributed by atoms with van der Waals surface area (Å²) in [5, 5.41) is 3.75. The molecule has 21 heavy (non-hydrogen) atoms. The molecule has 0 fully saturated rings. The van der Waals surface area contributed by atoms with Gasteiger partial charge < -0.3 is 14.9 Å². The molecule has 0 aromatic heterocycles. The molecular formula is C16H26NO3P. The maximum absolute atomic E-state index is 12.8. The summed E-state index contributed by atoms with van der Waals surface area (Å²) in [4.78, 5) is 10.6. The molecule has 0 spiro atoms. The predicted molar refractivity (Wildman–Crippen MR) is 88.5 cm³/mol. The first-order valence-electron chi connectivity index (χ1n) is 7.09. The zero-order valence-corrected chi connectivity index (χ0v) is 14.0. The Morgan fingerprint density at radius 3 is 2.52 bits per heavy atom. The third kappa shape index (κ3) is 6.15. The number of benzene rings is 1. The standard InChI is InChI=1S/C16H26NO3P/c1-5-11-20-13-15(12-17-16(2,3)4)21(18,19)14-9-7-6-8-10-14/h5-10,15,17H,1,11-13H2,2-4H3,(H,18,19). The van der Waals surface area contributed by atoms with Crippen LogP contribution in [0, 0.1) is 0 Å². The first-order chi connectivity index (χ1) is 9.77. The highest BCUT2D eigenvalue weighted by Crippen LogP contribution is 2.45. The lowest BCUT2D eigenvalue weighted by Crippen LogP contribution is -2.43. The Balaban J connectivity index is 2.87. The predicted octanol–water partition coefficient (Wildman–Crippen LogP) is 2.54. The van der Waals surface area contributed by atoms with Crippen LogP contribution < -0.4 is 10.6 Å². The molecule has 0 aliphatic rings. The van der Waals surface area contributed by atoms with Crippen molar-refractivity contribution in [2.45, 2.75) is 32.0 Å². The highest BCUT2D eigenvalue weighted by Gasteiger charge is 2.33. The van der Waals surface area contributed by atoms with E-state index in [-0.39, 0.29) is 12.1 Å². The van der Waals surface area contributed by atoms with Gasteiger partial charge in [0.15, 0.2) is 0 Å². The fourth-order valence-corrected chi connectivity index (χ4v) is 3.51. The Hall–Kier alpha value is -0.930. The van der Waals surface area contributed by atoms with Gasteiger partial charge in [0.05, 0.1) is 18.9 Å². The molecule has 0 radical (unpaired) electrons. The molecule has 1 aromatic rings. The van der Waals surface area contributed by atoms with Crippen molar-refractivity contribution < 1.29 is 14.2 Å². The smallest absolute Gasteiger partial charge is 0.236 e. The van der Waals surface area contributed by atoms with Crippen LogP contribution in [0.15, 0.2) is 43.0 Å². The van der Waals surface area contributed by atoms with Crippen molar-refractivity contribution in [1.29, 1.82) is 0 Å². The first kappa shape index (κ1) is 18.1. The van der Waals surface area contributed by atoms with Crippen LogP contribution in [0.4, 0.5) is 0 Å². The van der Waals surface area contributed by atoms with Crippen LogP contribution in [0.1, 0.15) is 20.8 Å². The summed E-state index contributed by atoms with van der Waals surface area (Å²) in [7, 11) is -3.50. The van der Waals surface area contributed by atoms with Gasteiger partial charge in [0.1, 0.15) is 0 Å². The highest BCUT2D eigenvalue weighted by molar-refractivity contribution is 7.66. The Bertz CT molecular complexity index is 482. The van der Waals surface area contributed by atoms with Crippen LogP contribution in [-0.4, -0.2) is 35.8 Å². The third-order valence-electron chi connectivity index (χ3n) is 3.04. The molecule has 2 N–H and O–H groups in total. The van der Waals surface area contributed by atoms with Gasteiger partial charge in [0.25, 0.3) is 0 Å². The summed E-state index contributed by atoms with van der Waals surface area (Å²) < 4.78 is 18.3. The maximum atomic E-state index is 12.8. The zero-order valence-electron chi connectivity index (χ0n) is 13.1. The molecule has 0 bridgehead atoms. The topological polar surface area (TPSA) is 58.6 Å². The second-order valence-corrected chi connectivity index (χ2v) is 8.56. The average Bonchev–Trinajstić information content (AvgIpc) is 2.42. The summed E-state index contributed by atoms with van der Waals surface area (Å²) in [6.45, 7) is 10.7. The van der Waals surface area contributed by atoms with E-state index in [1.807, 2.05) is 26.8 Å². The summed E-state index contributed by atoms with van der Waals surface area (Å²) in [5.41, 5.74) is -0.605. The van der Waals surface area contributed by atoms with Crippen molar-refractivity contribution in [3.63, 3.8) is 0 Å². The molecule has 0 amide bonds. The zero-order chi connectivity index (χ0) is 15.9. The molecule has 1 rings (SSSR count). The van der Waals surface area contributed by atoms with E-state index in [9.17, 15) is 9.46 Å². The van der Waals surface area contributed by atoms with Gasteiger partial charge in [0, 0.05) is 17.4 Å². The van der Waals surface area contributed by atoms with Crippen molar-refractivity contribution >= 4 is 12.7 Å². The Labute approximate surface area is 127 Å². The van der Waals surface area contributed by atoms with Gasteiger partial charge >= 0.3 is 0 Å². The van der Waals surface area contributed by atoms with Crippen molar-refractivity contribution in [3.05, 3.63) is 43.0 Å². The minimum absolute atomic E-state index is 0.118. The summed E-state index contributed by atoms with van der Waals surface area (Å²) in [5.74, 6) is 0. The molecule has 0 saturated carbocycles. The second-order valence-electron chi connectivity index (χ2n) is 6.07. The van der Waals surface area contributed by atoms with E-state index < -0.39 is 13.0 Å². The van der Waals surface area contributed by atoms with Crippen LogP contribution in [0.3, 0.4) is 0 Å². The van der Waals surface area contributed by atoms with Crippen LogP contribution >= 0.6 is 7.37 Å². The molecule has 118 valence electrons. The van der Waals surface area contributed by atoms with Gasteiger partial charge in [-0.2, -0.15) is 0 Å². The largest absolute Gasteiger partial charge is 0.376 e. The van der Waals surface area contributed by atoms with Crippen molar-refractivity contribution in [1.82, 2.24) is 5.32 Å². The lowest BCUT2D eigenvalue weighted by molar-refractivity contribution is 0.156. The van der Waals surface area contributed by atoms with E-state index in [0.29, 0.717) is 18.5 Å². The molecule has 2 atom stereocenters. The summed E-state index contributed by atoms with van der Waals surface area (Å²) >= 11 is 0. The molecule has 1 aromatic carbocycles. The minimum atomic E-state index is -3.50. The van der Waals surface area contributed by atoms with E-state index in [1.54, 1.807) is 30.3 Å². The number of nitrogens with one attached hydrogen (secondary N) is 1. The molecule has 2 unspecified atom stereocenters. The van der Waals surface area contributed by atoms with Crippen LogP contribution in [0.25, 0.3) is 0 Å². The molecule has 5 heteroatoms. The lowest BCUT2D eigenvalue weighted by Gasteiger charge is -2.28. The first-order valence-corrected chi connectivity index (χ1v) is 8.82. The maximum Gasteiger partial charge on any atom is 0.236 e. The van der Waals surface area contributed by atoms with Gasteiger partial charge in [-0.25, -0.2) is 0 Å². The second kappa shape index (κ2) is 7.90. The highest BCUT2D eigenvalue weighted by atomic mass is 31.2.